The first-order valence-electron chi connectivity index (χ1n) is 5.86. The number of hydrogen-bond donors (Lipinski definition) is 2. The summed E-state index contributed by atoms with van der Waals surface area (Å²) in [6.07, 6.45) is 8.97. The molecule has 0 amide bonds. The van der Waals surface area contributed by atoms with Crippen LogP contribution in [0.25, 0.3) is 11.4 Å². The highest BCUT2D eigenvalue weighted by molar-refractivity contribution is 5.51. The van der Waals surface area contributed by atoms with E-state index >= 15 is 0 Å². The summed E-state index contributed by atoms with van der Waals surface area (Å²) >= 11 is 0. The van der Waals surface area contributed by atoms with Crippen LogP contribution >= 0.6 is 0 Å². The second-order valence-corrected chi connectivity index (χ2v) is 3.99. The monoisotopic (exact) mass is 231 g/mol. The Labute approximate surface area is 101 Å². The van der Waals surface area contributed by atoms with Gasteiger partial charge in [-0.3, -0.25) is 9.97 Å². The number of nitrogens with zero attached hydrogens (tertiary/aromatic N) is 3. The number of H-pyrrole nitrogens is 1. The summed E-state index contributed by atoms with van der Waals surface area (Å²) in [4.78, 5) is 15.9. The molecule has 1 atom stereocenters. The first kappa shape index (κ1) is 11.7. The number of aromatic nitrogens is 4. The molecule has 5 nitrogen and oxygen atoms in total. The number of nitrogens with one attached hydrogen (secondary N) is 1. The van der Waals surface area contributed by atoms with E-state index in [0.717, 1.165) is 30.1 Å². The molecule has 3 N–H and O–H groups in total. The number of imidazole rings is 1. The molecule has 17 heavy (non-hydrogen) atoms. The van der Waals surface area contributed by atoms with E-state index in [9.17, 15) is 0 Å². The molecule has 0 bridgehead atoms. The zero-order chi connectivity index (χ0) is 12.1. The van der Waals surface area contributed by atoms with Crippen LogP contribution in [0, 0.1) is 0 Å². The third-order valence-electron chi connectivity index (χ3n) is 2.74. The topological polar surface area (TPSA) is 80.5 Å². The molecule has 0 radical (unpaired) electrons. The van der Waals surface area contributed by atoms with Gasteiger partial charge in [-0.1, -0.05) is 13.3 Å². The molecule has 2 rings (SSSR count). The standard InChI is InChI=1S/C12H17N5/c1-2-3-9(6-13)12-16-8-11(17-12)10-7-14-4-5-15-10/h4-5,7-9H,2-3,6,13H2,1H3,(H,16,17). The number of hydrogen-bond acceptors (Lipinski definition) is 4. The fourth-order valence-electron chi connectivity index (χ4n) is 1.83. The van der Waals surface area contributed by atoms with Gasteiger partial charge < -0.3 is 10.7 Å². The Kier molecular flexibility index (Phi) is 3.82. The van der Waals surface area contributed by atoms with Gasteiger partial charge in [-0.2, -0.15) is 0 Å². The lowest BCUT2D eigenvalue weighted by Gasteiger charge is -2.09. The normalized spacial score (nSPS) is 12.6. The maximum absolute atomic E-state index is 5.75. The Hall–Kier alpha value is -1.75. The summed E-state index contributed by atoms with van der Waals surface area (Å²) in [6.45, 7) is 2.76. The third kappa shape index (κ3) is 2.68. The van der Waals surface area contributed by atoms with Crippen molar-refractivity contribution in [3.63, 3.8) is 0 Å². The Bertz CT molecular complexity index is 451. The first-order valence-corrected chi connectivity index (χ1v) is 5.86. The van der Waals surface area contributed by atoms with Gasteiger partial charge >= 0.3 is 0 Å². The SMILES string of the molecule is CCCC(CN)c1ncc(-c2cnccn2)[nH]1. The summed E-state index contributed by atoms with van der Waals surface area (Å²) in [5, 5.41) is 0. The van der Waals surface area contributed by atoms with Crippen LogP contribution in [0.2, 0.25) is 0 Å². The lowest BCUT2D eigenvalue weighted by molar-refractivity contribution is 0.595. The summed E-state index contributed by atoms with van der Waals surface area (Å²) in [5.74, 6) is 1.24. The van der Waals surface area contributed by atoms with Gasteiger partial charge in [0, 0.05) is 24.9 Å². The molecule has 5 heteroatoms. The number of rotatable bonds is 5. The molecule has 2 aromatic heterocycles. The van der Waals surface area contributed by atoms with Gasteiger partial charge in [-0.25, -0.2) is 4.98 Å². The highest BCUT2D eigenvalue weighted by Gasteiger charge is 2.13. The van der Waals surface area contributed by atoms with Crippen molar-refractivity contribution in [1.82, 2.24) is 19.9 Å². The molecule has 1 unspecified atom stereocenters. The zero-order valence-corrected chi connectivity index (χ0v) is 9.93. The summed E-state index contributed by atoms with van der Waals surface area (Å²) in [7, 11) is 0. The van der Waals surface area contributed by atoms with Gasteiger partial charge in [-0.15, -0.1) is 0 Å². The third-order valence-corrected chi connectivity index (χ3v) is 2.74. The second-order valence-electron chi connectivity index (χ2n) is 3.99. The summed E-state index contributed by atoms with van der Waals surface area (Å²) in [5.41, 5.74) is 7.45. The average Bonchev–Trinajstić information content (AvgIpc) is 2.86. The molecule has 0 spiro atoms. The Morgan fingerprint density at radius 2 is 2.18 bits per heavy atom. The van der Waals surface area contributed by atoms with Crippen LogP contribution in [-0.2, 0) is 0 Å². The van der Waals surface area contributed by atoms with E-state index in [4.69, 9.17) is 5.73 Å². The van der Waals surface area contributed by atoms with Crippen LogP contribution in [0.4, 0.5) is 0 Å². The van der Waals surface area contributed by atoms with Crippen LogP contribution in [0.3, 0.4) is 0 Å². The molecular formula is C12H17N5. The minimum absolute atomic E-state index is 0.297. The smallest absolute Gasteiger partial charge is 0.110 e. The second kappa shape index (κ2) is 5.54. The Balaban J connectivity index is 2.21. The highest BCUT2D eigenvalue weighted by Crippen LogP contribution is 2.20. The minimum atomic E-state index is 0.297. The summed E-state index contributed by atoms with van der Waals surface area (Å²) in [6, 6.07) is 0. The van der Waals surface area contributed by atoms with E-state index in [1.807, 2.05) is 0 Å². The maximum atomic E-state index is 5.75. The van der Waals surface area contributed by atoms with Crippen molar-refractivity contribution < 1.29 is 0 Å². The van der Waals surface area contributed by atoms with Crippen LogP contribution in [-0.4, -0.2) is 26.5 Å². The maximum Gasteiger partial charge on any atom is 0.110 e. The van der Waals surface area contributed by atoms with Gasteiger partial charge in [0.05, 0.1) is 18.1 Å². The van der Waals surface area contributed by atoms with Crippen molar-refractivity contribution in [3.8, 4) is 11.4 Å². The molecular weight excluding hydrogens is 214 g/mol. The van der Waals surface area contributed by atoms with E-state index < -0.39 is 0 Å². The van der Waals surface area contributed by atoms with Gasteiger partial charge in [0.15, 0.2) is 0 Å². The van der Waals surface area contributed by atoms with Gasteiger partial charge in [0.25, 0.3) is 0 Å². The van der Waals surface area contributed by atoms with Crippen LogP contribution in [0.15, 0.2) is 24.8 Å². The van der Waals surface area contributed by atoms with Crippen molar-refractivity contribution in [3.05, 3.63) is 30.6 Å². The molecule has 0 aliphatic carbocycles. The Morgan fingerprint density at radius 3 is 2.82 bits per heavy atom. The van der Waals surface area contributed by atoms with Gasteiger partial charge in [0.1, 0.15) is 11.5 Å². The van der Waals surface area contributed by atoms with E-state index in [1.165, 1.54) is 0 Å². The van der Waals surface area contributed by atoms with Crippen molar-refractivity contribution in [1.29, 1.82) is 0 Å². The molecule has 0 aliphatic heterocycles. The van der Waals surface area contributed by atoms with E-state index in [-0.39, 0.29) is 0 Å². The summed E-state index contributed by atoms with van der Waals surface area (Å²) < 4.78 is 0. The molecule has 2 heterocycles. The molecule has 2 aromatic rings. The zero-order valence-electron chi connectivity index (χ0n) is 9.93. The predicted molar refractivity (Wildman–Crippen MR) is 66.3 cm³/mol. The van der Waals surface area contributed by atoms with Crippen LogP contribution < -0.4 is 5.73 Å². The van der Waals surface area contributed by atoms with Crippen LogP contribution in [0.1, 0.15) is 31.5 Å². The van der Waals surface area contributed by atoms with Gasteiger partial charge in [-0.05, 0) is 6.42 Å². The molecule has 0 aromatic carbocycles. The molecule has 0 saturated heterocycles. The van der Waals surface area contributed by atoms with Crippen molar-refractivity contribution >= 4 is 0 Å². The minimum Gasteiger partial charge on any atom is -0.340 e. The number of aromatic amines is 1. The molecule has 90 valence electrons. The molecule has 0 saturated carbocycles. The largest absolute Gasteiger partial charge is 0.340 e. The quantitative estimate of drug-likeness (QED) is 0.820. The average molecular weight is 231 g/mol. The van der Waals surface area contributed by atoms with E-state index in [0.29, 0.717) is 12.5 Å². The van der Waals surface area contributed by atoms with Crippen LogP contribution in [0.5, 0.6) is 0 Å². The highest BCUT2D eigenvalue weighted by atomic mass is 14.9. The molecule has 0 aliphatic rings. The fraction of sp³-hybridized carbons (Fsp3) is 0.417. The van der Waals surface area contributed by atoms with E-state index in [1.54, 1.807) is 24.8 Å². The van der Waals surface area contributed by atoms with Crippen molar-refractivity contribution in [2.24, 2.45) is 5.73 Å². The van der Waals surface area contributed by atoms with Crippen molar-refractivity contribution in [2.45, 2.75) is 25.7 Å². The fourth-order valence-corrected chi connectivity index (χ4v) is 1.83. The van der Waals surface area contributed by atoms with Gasteiger partial charge in [0.2, 0.25) is 0 Å². The first-order chi connectivity index (χ1) is 8.35. The predicted octanol–water partition coefficient (Wildman–Crippen LogP) is 1.71. The molecule has 0 fully saturated rings. The lowest BCUT2D eigenvalue weighted by Crippen LogP contribution is -2.13. The Morgan fingerprint density at radius 1 is 1.29 bits per heavy atom. The van der Waals surface area contributed by atoms with Crippen molar-refractivity contribution in [2.75, 3.05) is 6.54 Å². The van der Waals surface area contributed by atoms with E-state index in [2.05, 4.69) is 26.9 Å². The lowest BCUT2D eigenvalue weighted by atomic mass is 10.0. The number of nitrogens with two attached hydrogens (primary N) is 1.